The Morgan fingerprint density at radius 1 is 0.697 bits per heavy atom. The number of carbonyl (C=O) groups excluding carboxylic acids is 1. The van der Waals surface area contributed by atoms with Crippen molar-refractivity contribution in [1.29, 1.82) is 0 Å². The van der Waals surface area contributed by atoms with E-state index in [0.29, 0.717) is 30.5 Å². The number of hydrogen-bond donors (Lipinski definition) is 8. The summed E-state index contributed by atoms with van der Waals surface area (Å²) in [5.74, 6) is 4.24. The Hall–Kier alpha value is -7.35. The molecule has 0 aliphatic carbocycles. The molecule has 19 heteroatoms. The van der Waals surface area contributed by atoms with Gasteiger partial charge in [0, 0.05) is 78.6 Å². The number of rotatable bonds is 8. The number of morpholine rings is 2. The fourth-order valence-electron chi connectivity index (χ4n) is 7.34. The zero-order valence-electron chi connectivity index (χ0n) is 37.9. The van der Waals surface area contributed by atoms with Crippen LogP contribution in [0.25, 0.3) is 44.8 Å². The number of nitrogen functional groups attached to an aromatic ring is 2. The van der Waals surface area contributed by atoms with Crippen LogP contribution in [0.15, 0.2) is 85.2 Å². The number of ether oxygens (including phenoxy) is 2. The van der Waals surface area contributed by atoms with Crippen LogP contribution in [0.3, 0.4) is 0 Å². The molecule has 19 nitrogen and oxygen atoms in total. The van der Waals surface area contributed by atoms with Crippen LogP contribution < -0.4 is 26.6 Å². The fourth-order valence-corrected chi connectivity index (χ4v) is 7.34. The number of imidazole rings is 2. The Morgan fingerprint density at radius 3 is 1.64 bits per heavy atom. The number of H-pyrrole nitrogens is 4. The number of anilines is 5. The van der Waals surface area contributed by atoms with Crippen LogP contribution in [0.1, 0.15) is 51.6 Å². The molecule has 2 aliphatic rings. The van der Waals surface area contributed by atoms with Crippen molar-refractivity contribution < 1.29 is 19.4 Å². The van der Waals surface area contributed by atoms with E-state index in [9.17, 15) is 9.90 Å². The molecule has 0 unspecified atom stereocenters. The Kier molecular flexibility index (Phi) is 13.3. The monoisotopic (exact) mass is 895 g/mol. The van der Waals surface area contributed by atoms with Crippen molar-refractivity contribution in [3.05, 3.63) is 102 Å². The molecular weight excluding hydrogens is 839 g/mol. The van der Waals surface area contributed by atoms with E-state index < -0.39 is 5.60 Å². The van der Waals surface area contributed by atoms with E-state index in [1.54, 1.807) is 26.1 Å². The zero-order chi connectivity index (χ0) is 46.4. The number of nitrogens with two attached hydrogens (primary N) is 2. The summed E-state index contributed by atoms with van der Waals surface area (Å²) in [6.07, 6.45) is 3.89. The molecule has 0 saturated carbocycles. The van der Waals surface area contributed by atoms with E-state index in [0.717, 1.165) is 113 Å². The van der Waals surface area contributed by atoms with Gasteiger partial charge in [0.15, 0.2) is 17.5 Å². The van der Waals surface area contributed by atoms with Crippen LogP contribution in [0.2, 0.25) is 0 Å². The van der Waals surface area contributed by atoms with Crippen molar-refractivity contribution in [2.24, 2.45) is 0 Å². The van der Waals surface area contributed by atoms with Crippen LogP contribution in [-0.4, -0.2) is 114 Å². The third-order valence-corrected chi connectivity index (χ3v) is 11.1. The van der Waals surface area contributed by atoms with Gasteiger partial charge in [0.05, 0.1) is 49.6 Å². The summed E-state index contributed by atoms with van der Waals surface area (Å²) >= 11 is 0. The average Bonchev–Trinajstić information content (AvgIpc) is 4.14. The van der Waals surface area contributed by atoms with Gasteiger partial charge in [-0.3, -0.25) is 15.0 Å². The van der Waals surface area contributed by atoms with Crippen LogP contribution in [-0.2, 0) is 31.7 Å². The summed E-state index contributed by atoms with van der Waals surface area (Å²) in [5, 5.41) is 25.7. The first-order chi connectivity index (χ1) is 31.7. The maximum absolute atomic E-state index is 12.5. The second-order valence-electron chi connectivity index (χ2n) is 17.7. The first kappa shape index (κ1) is 45.2. The first-order valence-corrected chi connectivity index (χ1v) is 21.9. The van der Waals surface area contributed by atoms with E-state index in [1.807, 2.05) is 72.9 Å². The molecule has 2 saturated heterocycles. The third kappa shape index (κ3) is 10.9. The van der Waals surface area contributed by atoms with E-state index in [-0.39, 0.29) is 17.7 Å². The number of nitrogens with zero attached hydrogens (tertiary/aromatic N) is 8. The summed E-state index contributed by atoms with van der Waals surface area (Å²) in [4.78, 5) is 42.4. The number of pyridine rings is 2. The predicted molar refractivity (Wildman–Crippen MR) is 257 cm³/mol. The summed E-state index contributed by atoms with van der Waals surface area (Å²) in [7, 11) is 0. The van der Waals surface area contributed by atoms with E-state index in [2.05, 4.69) is 76.2 Å². The molecule has 2 aliphatic heterocycles. The van der Waals surface area contributed by atoms with E-state index >= 15 is 0 Å². The summed E-state index contributed by atoms with van der Waals surface area (Å²) in [5.41, 5.74) is 19.1. The van der Waals surface area contributed by atoms with Gasteiger partial charge in [-0.2, -0.15) is 10.2 Å². The molecule has 66 heavy (non-hydrogen) atoms. The number of nitrogens with one attached hydrogen (secondary N) is 5. The molecule has 2 aromatic carbocycles. The molecule has 8 heterocycles. The highest BCUT2D eigenvalue weighted by molar-refractivity contribution is 5.92. The minimum atomic E-state index is -0.884. The van der Waals surface area contributed by atoms with Crippen molar-refractivity contribution >= 4 is 56.9 Å². The number of fused-ring (bicyclic) bond motifs is 2. The van der Waals surface area contributed by atoms with Crippen molar-refractivity contribution in [2.45, 2.75) is 52.1 Å². The number of hydrogen-bond acceptors (Lipinski definition) is 14. The van der Waals surface area contributed by atoms with Gasteiger partial charge in [0.25, 0.3) is 0 Å². The summed E-state index contributed by atoms with van der Waals surface area (Å²) in [6.45, 7) is 15.8. The molecule has 10 rings (SSSR count). The maximum atomic E-state index is 12.5. The van der Waals surface area contributed by atoms with Crippen LogP contribution in [0.5, 0.6) is 0 Å². The van der Waals surface area contributed by atoms with Gasteiger partial charge in [-0.05, 0) is 55.8 Å². The molecule has 1 amide bonds. The molecule has 6 aromatic heterocycles. The number of amides is 1. The van der Waals surface area contributed by atoms with Gasteiger partial charge in [0.1, 0.15) is 34.1 Å². The molecule has 0 atom stereocenters. The largest absolute Gasteiger partial charge is 0.399 e. The number of aromatic nitrogens is 10. The van der Waals surface area contributed by atoms with Crippen molar-refractivity contribution in [3.8, 4) is 22.8 Å². The summed E-state index contributed by atoms with van der Waals surface area (Å²) < 4.78 is 10.9. The molecule has 344 valence electrons. The van der Waals surface area contributed by atoms with Gasteiger partial charge in [-0.1, -0.05) is 45.0 Å². The third-order valence-electron chi connectivity index (χ3n) is 11.1. The van der Waals surface area contributed by atoms with Crippen molar-refractivity contribution in [1.82, 2.24) is 50.3 Å². The molecule has 2 fully saturated rings. The molecule has 0 spiro atoms. The van der Waals surface area contributed by atoms with E-state index in [4.69, 9.17) is 30.9 Å². The van der Waals surface area contributed by atoms with Crippen molar-refractivity contribution in [3.63, 3.8) is 0 Å². The minimum Gasteiger partial charge on any atom is -0.399 e. The number of aliphatic hydroxyl groups is 1. The molecular formula is C47H57N15O4. The lowest BCUT2D eigenvalue weighted by molar-refractivity contribution is -0.115. The van der Waals surface area contributed by atoms with Gasteiger partial charge in [-0.15, -0.1) is 0 Å². The Balaban J connectivity index is 0.000000157. The molecule has 0 radical (unpaired) electrons. The molecule has 8 aromatic rings. The quantitative estimate of drug-likeness (QED) is 0.0823. The maximum Gasteiger partial charge on any atom is 0.229 e. The Morgan fingerprint density at radius 2 is 1.20 bits per heavy atom. The Labute approximate surface area is 381 Å². The fraction of sp³-hybridized carbons (Fsp3) is 0.340. The van der Waals surface area contributed by atoms with Gasteiger partial charge < -0.3 is 51.1 Å². The van der Waals surface area contributed by atoms with Gasteiger partial charge in [-0.25, -0.2) is 19.9 Å². The highest BCUT2D eigenvalue weighted by Gasteiger charge is 2.21. The number of carbonyl (C=O) groups is 1. The van der Waals surface area contributed by atoms with Gasteiger partial charge >= 0.3 is 0 Å². The average molecular weight is 896 g/mol. The highest BCUT2D eigenvalue weighted by atomic mass is 16.5. The lowest BCUT2D eigenvalue weighted by Crippen LogP contribution is -2.36. The van der Waals surface area contributed by atoms with E-state index in [1.165, 1.54) is 0 Å². The lowest BCUT2D eigenvalue weighted by Gasteiger charge is -2.27. The first-order valence-electron chi connectivity index (χ1n) is 21.9. The Bertz CT molecular complexity index is 2860. The second kappa shape index (κ2) is 19.4. The van der Waals surface area contributed by atoms with Crippen molar-refractivity contribution in [2.75, 3.05) is 79.2 Å². The standard InChI is InChI=1S/C25H29N7O2.C16H17N5O.C6H11N3O/c1-25(2,3)19-15-20(31-30-19)28-21(33)14-16-4-6-17(7-5-16)23-27-18-8-9-26-24(22(18)29-23)32-10-12-34-13-11-32;17-12-3-1-11(2-4-12)15-19-13-5-6-18-16(14(13)20-15)21-7-9-22-10-8-21;1-6(2,10)4-3-5(7)9-8-4/h4-9,15H,10-14H2,1-3H3,(H,27,29)(H2,28,30,31,33);1-6H,7-10,17H2,(H,19,20);3,10H,1-2H3,(H3,7,8,9). The second-order valence-corrected chi connectivity index (χ2v) is 17.7. The van der Waals surface area contributed by atoms with Crippen LogP contribution >= 0.6 is 0 Å². The topological polar surface area (TPSA) is 267 Å². The highest BCUT2D eigenvalue weighted by Crippen LogP contribution is 2.29. The minimum absolute atomic E-state index is 0.0541. The molecule has 0 bridgehead atoms. The summed E-state index contributed by atoms with van der Waals surface area (Å²) in [6, 6.07) is 22.9. The molecule has 10 N–H and O–H groups in total. The normalized spacial score (nSPS) is 14.4. The van der Waals surface area contributed by atoms with Crippen LogP contribution in [0.4, 0.5) is 29.0 Å². The smallest absolute Gasteiger partial charge is 0.229 e. The lowest BCUT2D eigenvalue weighted by atomic mass is 9.92. The van der Waals surface area contributed by atoms with Crippen LogP contribution in [0, 0.1) is 0 Å². The number of aromatic amines is 4. The van der Waals surface area contributed by atoms with Gasteiger partial charge in [0.2, 0.25) is 5.91 Å². The zero-order valence-corrected chi connectivity index (χ0v) is 37.9. The number of benzene rings is 2. The predicted octanol–water partition coefficient (Wildman–Crippen LogP) is 5.93. The SMILES string of the molecule is CC(C)(C)c1cc(NC(=O)Cc2ccc(-c3nc4c(N5CCOCC5)nccc4[nH]3)cc2)n[nH]1.CC(C)(O)c1cc(N)n[nH]1.Nc1ccc(-c2nc3c(N4CCOCC4)nccc3[nH]2)cc1.